The first-order valence-corrected chi connectivity index (χ1v) is 5.54. The van der Waals surface area contributed by atoms with Crippen molar-refractivity contribution in [3.05, 3.63) is 48.0 Å². The monoisotopic (exact) mass is 234 g/mol. The molecule has 92 valence electrons. The van der Waals surface area contributed by atoms with Crippen molar-refractivity contribution in [2.75, 3.05) is 13.7 Å². The topological polar surface area (TPSA) is 35.5 Å². The van der Waals surface area contributed by atoms with Crippen molar-refractivity contribution in [1.29, 1.82) is 0 Å². The number of methoxy groups -OCH3 is 1. The van der Waals surface area contributed by atoms with E-state index in [2.05, 4.69) is 6.58 Å². The summed E-state index contributed by atoms with van der Waals surface area (Å²) in [6.07, 6.45) is 0.0260. The molecule has 3 heteroatoms. The summed E-state index contributed by atoms with van der Waals surface area (Å²) in [6, 6.07) is 9.30. The molecular weight excluding hydrogens is 216 g/mol. The normalized spacial score (nSPS) is 11.9. The van der Waals surface area contributed by atoms with E-state index >= 15 is 0 Å². The molecule has 0 aliphatic rings. The lowest BCUT2D eigenvalue weighted by atomic mass is 10.1. The van der Waals surface area contributed by atoms with E-state index in [1.807, 2.05) is 37.3 Å². The fourth-order valence-electron chi connectivity index (χ4n) is 1.40. The molecule has 0 bridgehead atoms. The summed E-state index contributed by atoms with van der Waals surface area (Å²) in [5.41, 5.74) is 1.79. The smallest absolute Gasteiger partial charge is 0.339 e. The maximum atomic E-state index is 11.8. The van der Waals surface area contributed by atoms with E-state index in [1.165, 1.54) is 7.11 Å². The molecule has 0 spiro atoms. The Morgan fingerprint density at radius 3 is 2.53 bits per heavy atom. The molecule has 0 saturated heterocycles. The van der Waals surface area contributed by atoms with Crippen LogP contribution in [0, 0.1) is 0 Å². The maximum Gasteiger partial charge on any atom is 0.339 e. The molecular formula is C14H18O3. The summed E-state index contributed by atoms with van der Waals surface area (Å²) in [4.78, 5) is 11.8. The molecule has 0 heterocycles. The number of carbonyl (C=O) groups is 1. The second kappa shape index (κ2) is 6.86. The molecule has 0 aliphatic carbocycles. The Balaban J connectivity index is 2.56. The van der Waals surface area contributed by atoms with Crippen LogP contribution in [0.5, 0.6) is 0 Å². The van der Waals surface area contributed by atoms with E-state index in [0.29, 0.717) is 13.0 Å². The van der Waals surface area contributed by atoms with Gasteiger partial charge in [0.05, 0.1) is 6.61 Å². The molecule has 0 saturated carbocycles. The van der Waals surface area contributed by atoms with E-state index in [9.17, 15) is 4.79 Å². The van der Waals surface area contributed by atoms with Gasteiger partial charge in [0.2, 0.25) is 0 Å². The second-order valence-corrected chi connectivity index (χ2v) is 3.90. The highest BCUT2D eigenvalue weighted by molar-refractivity contribution is 5.76. The first-order valence-electron chi connectivity index (χ1n) is 5.54. The van der Waals surface area contributed by atoms with Crippen LogP contribution in [0.15, 0.2) is 42.5 Å². The molecule has 0 N–H and O–H groups in total. The summed E-state index contributed by atoms with van der Waals surface area (Å²) < 4.78 is 10.3. The van der Waals surface area contributed by atoms with Gasteiger partial charge in [-0.3, -0.25) is 0 Å². The van der Waals surface area contributed by atoms with Gasteiger partial charge in [-0.2, -0.15) is 0 Å². The van der Waals surface area contributed by atoms with Gasteiger partial charge in [0.15, 0.2) is 6.10 Å². The van der Waals surface area contributed by atoms with E-state index in [4.69, 9.17) is 9.47 Å². The van der Waals surface area contributed by atoms with Crippen molar-refractivity contribution in [3.63, 3.8) is 0 Å². The van der Waals surface area contributed by atoms with Gasteiger partial charge in [-0.15, -0.1) is 6.58 Å². The summed E-state index contributed by atoms with van der Waals surface area (Å²) in [5.74, 6) is -0.361. The van der Waals surface area contributed by atoms with Crippen LogP contribution in [-0.4, -0.2) is 19.7 Å². The predicted molar refractivity (Wildman–Crippen MR) is 66.6 cm³/mol. The largest absolute Gasteiger partial charge is 0.463 e. The van der Waals surface area contributed by atoms with Crippen LogP contribution in [0.2, 0.25) is 0 Å². The number of esters is 1. The first kappa shape index (κ1) is 13.5. The lowest BCUT2D eigenvalue weighted by Gasteiger charge is -2.14. The van der Waals surface area contributed by atoms with Gasteiger partial charge in [0.25, 0.3) is 0 Å². The number of hydrogen-bond acceptors (Lipinski definition) is 3. The predicted octanol–water partition coefficient (Wildman–Crippen LogP) is 2.88. The van der Waals surface area contributed by atoms with E-state index in [-0.39, 0.29) is 5.97 Å². The summed E-state index contributed by atoms with van der Waals surface area (Å²) in [5, 5.41) is 0. The van der Waals surface area contributed by atoms with Gasteiger partial charge in [0.1, 0.15) is 0 Å². The third kappa shape index (κ3) is 4.41. The van der Waals surface area contributed by atoms with Gasteiger partial charge in [-0.25, -0.2) is 4.79 Å². The first-order chi connectivity index (χ1) is 8.15. The van der Waals surface area contributed by atoms with Crippen molar-refractivity contribution in [2.45, 2.75) is 19.4 Å². The molecule has 17 heavy (non-hydrogen) atoms. The van der Waals surface area contributed by atoms with Gasteiger partial charge in [0, 0.05) is 13.5 Å². The Kier molecular flexibility index (Phi) is 5.43. The number of rotatable bonds is 6. The van der Waals surface area contributed by atoms with Gasteiger partial charge < -0.3 is 9.47 Å². The Morgan fingerprint density at radius 1 is 1.35 bits per heavy atom. The van der Waals surface area contributed by atoms with E-state index in [1.54, 1.807) is 0 Å². The molecule has 0 aliphatic heterocycles. The molecule has 0 aromatic heterocycles. The summed E-state index contributed by atoms with van der Waals surface area (Å²) >= 11 is 0. The highest BCUT2D eigenvalue weighted by atomic mass is 16.6. The van der Waals surface area contributed by atoms with Crippen molar-refractivity contribution in [3.8, 4) is 0 Å². The van der Waals surface area contributed by atoms with Crippen molar-refractivity contribution in [1.82, 2.24) is 0 Å². The molecule has 3 nitrogen and oxygen atoms in total. The lowest BCUT2D eigenvalue weighted by molar-refractivity contribution is -0.155. The van der Waals surface area contributed by atoms with Crippen LogP contribution >= 0.6 is 0 Å². The minimum atomic E-state index is -0.652. The van der Waals surface area contributed by atoms with E-state index in [0.717, 1.165) is 11.1 Å². The molecule has 1 aromatic carbocycles. The molecule has 1 rings (SSSR count). The average Bonchev–Trinajstić information content (AvgIpc) is 2.31. The standard InChI is InChI=1S/C14H18O3/c1-11(2)9-10-17-14(15)13(16-3)12-7-5-4-6-8-12/h4-8,13H,1,9-10H2,2-3H3. The SMILES string of the molecule is C=C(C)CCOC(=O)C(OC)c1ccccc1. The van der Waals surface area contributed by atoms with Gasteiger partial charge in [-0.05, 0) is 12.5 Å². The quantitative estimate of drug-likeness (QED) is 0.561. The van der Waals surface area contributed by atoms with Crippen LogP contribution in [0.4, 0.5) is 0 Å². The zero-order valence-electron chi connectivity index (χ0n) is 10.3. The lowest BCUT2D eigenvalue weighted by Crippen LogP contribution is -2.18. The maximum absolute atomic E-state index is 11.8. The zero-order valence-corrected chi connectivity index (χ0v) is 10.3. The van der Waals surface area contributed by atoms with Crippen molar-refractivity contribution < 1.29 is 14.3 Å². The van der Waals surface area contributed by atoms with Crippen LogP contribution in [0.3, 0.4) is 0 Å². The van der Waals surface area contributed by atoms with Crippen molar-refractivity contribution >= 4 is 5.97 Å². The number of hydrogen-bond donors (Lipinski definition) is 0. The number of benzene rings is 1. The third-order valence-electron chi connectivity index (χ3n) is 2.33. The van der Waals surface area contributed by atoms with Crippen LogP contribution in [0.1, 0.15) is 25.0 Å². The molecule has 0 radical (unpaired) electrons. The minimum absolute atomic E-state index is 0.348. The highest BCUT2D eigenvalue weighted by Crippen LogP contribution is 2.17. The van der Waals surface area contributed by atoms with Crippen LogP contribution < -0.4 is 0 Å². The minimum Gasteiger partial charge on any atom is -0.463 e. The van der Waals surface area contributed by atoms with Gasteiger partial charge >= 0.3 is 5.97 Å². The number of ether oxygens (including phenoxy) is 2. The summed E-state index contributed by atoms with van der Waals surface area (Å²) in [6.45, 7) is 6.00. The molecule has 0 amide bonds. The molecule has 1 aromatic rings. The highest BCUT2D eigenvalue weighted by Gasteiger charge is 2.20. The Hall–Kier alpha value is -1.61. The molecule has 0 fully saturated rings. The van der Waals surface area contributed by atoms with Gasteiger partial charge in [-0.1, -0.05) is 35.9 Å². The number of carbonyl (C=O) groups excluding carboxylic acids is 1. The summed E-state index contributed by atoms with van der Waals surface area (Å²) in [7, 11) is 1.50. The Bertz CT molecular complexity index is 370. The van der Waals surface area contributed by atoms with Crippen LogP contribution in [-0.2, 0) is 14.3 Å². The molecule has 1 unspecified atom stereocenters. The van der Waals surface area contributed by atoms with E-state index < -0.39 is 6.10 Å². The average molecular weight is 234 g/mol. The Labute approximate surface area is 102 Å². The van der Waals surface area contributed by atoms with Crippen molar-refractivity contribution in [2.24, 2.45) is 0 Å². The zero-order chi connectivity index (χ0) is 12.7. The third-order valence-corrected chi connectivity index (χ3v) is 2.33. The fraction of sp³-hybridized carbons (Fsp3) is 0.357. The molecule has 1 atom stereocenters. The Morgan fingerprint density at radius 2 is 2.00 bits per heavy atom. The fourth-order valence-corrected chi connectivity index (χ4v) is 1.40. The second-order valence-electron chi connectivity index (χ2n) is 3.90. The van der Waals surface area contributed by atoms with Crippen LogP contribution in [0.25, 0.3) is 0 Å².